The fourth-order valence-electron chi connectivity index (χ4n) is 4.67. The number of aryl methyl sites for hydroxylation is 1. The number of nitrogens with zero attached hydrogens (tertiary/aromatic N) is 1. The first-order valence-corrected chi connectivity index (χ1v) is 11.2. The number of esters is 1. The highest BCUT2D eigenvalue weighted by molar-refractivity contribution is 5.89. The molecule has 31 heavy (non-hydrogen) atoms. The number of benzene rings is 2. The van der Waals surface area contributed by atoms with Gasteiger partial charge >= 0.3 is 5.97 Å². The standard InChI is InChI=1S/C26H32N2O3/c1-17(2)31-26(29)20-10-8-19(9-11-20)23-7-5-6-14-28(23)16-22-21-12-13-27-25(21)18(3)15-24(22)30-4/h8-13,15,17,23,27H,5-7,14,16H2,1-4H3. The minimum atomic E-state index is -0.263. The van der Waals surface area contributed by atoms with Crippen molar-refractivity contribution in [2.24, 2.45) is 0 Å². The number of H-pyrrole nitrogens is 1. The molecule has 1 unspecified atom stereocenters. The zero-order valence-electron chi connectivity index (χ0n) is 18.9. The average Bonchev–Trinajstić information content (AvgIpc) is 3.26. The summed E-state index contributed by atoms with van der Waals surface area (Å²) in [7, 11) is 1.75. The van der Waals surface area contributed by atoms with Gasteiger partial charge in [-0.25, -0.2) is 4.79 Å². The number of aromatic nitrogens is 1. The van der Waals surface area contributed by atoms with Gasteiger partial charge in [0.15, 0.2) is 0 Å². The second-order valence-corrected chi connectivity index (χ2v) is 8.70. The molecule has 3 aromatic rings. The highest BCUT2D eigenvalue weighted by Gasteiger charge is 2.26. The molecule has 164 valence electrons. The maximum Gasteiger partial charge on any atom is 0.338 e. The van der Waals surface area contributed by atoms with Gasteiger partial charge in [0.2, 0.25) is 0 Å². The summed E-state index contributed by atoms with van der Waals surface area (Å²) < 4.78 is 11.1. The fourth-order valence-corrected chi connectivity index (χ4v) is 4.67. The predicted molar refractivity (Wildman–Crippen MR) is 124 cm³/mol. The van der Waals surface area contributed by atoms with Crippen LogP contribution in [0.15, 0.2) is 42.6 Å². The minimum absolute atomic E-state index is 0.115. The molecule has 2 aromatic carbocycles. The van der Waals surface area contributed by atoms with E-state index in [1.807, 2.05) is 32.2 Å². The molecule has 1 saturated heterocycles. The summed E-state index contributed by atoms with van der Waals surface area (Å²) in [6.07, 6.45) is 5.40. The van der Waals surface area contributed by atoms with Crippen molar-refractivity contribution in [3.05, 3.63) is 64.8 Å². The van der Waals surface area contributed by atoms with Gasteiger partial charge in [0, 0.05) is 35.2 Å². The van der Waals surface area contributed by atoms with Gasteiger partial charge in [0.1, 0.15) is 5.75 Å². The largest absolute Gasteiger partial charge is 0.496 e. The molecule has 2 heterocycles. The van der Waals surface area contributed by atoms with Gasteiger partial charge in [-0.3, -0.25) is 4.90 Å². The van der Waals surface area contributed by atoms with Crippen LogP contribution in [-0.2, 0) is 11.3 Å². The smallest absolute Gasteiger partial charge is 0.338 e. The van der Waals surface area contributed by atoms with Crippen molar-refractivity contribution in [3.8, 4) is 5.75 Å². The topological polar surface area (TPSA) is 54.6 Å². The molecule has 5 nitrogen and oxygen atoms in total. The van der Waals surface area contributed by atoms with Gasteiger partial charge in [0.05, 0.1) is 18.8 Å². The van der Waals surface area contributed by atoms with E-state index in [4.69, 9.17) is 9.47 Å². The predicted octanol–water partition coefficient (Wildman–Crippen LogP) is 5.78. The number of piperidine rings is 1. The lowest BCUT2D eigenvalue weighted by Crippen LogP contribution is -2.33. The Balaban J connectivity index is 1.61. The van der Waals surface area contributed by atoms with E-state index in [0.29, 0.717) is 11.6 Å². The van der Waals surface area contributed by atoms with Gasteiger partial charge in [-0.05, 0) is 75.5 Å². The maximum absolute atomic E-state index is 12.2. The van der Waals surface area contributed by atoms with Gasteiger partial charge in [0.25, 0.3) is 0 Å². The number of carbonyl (C=O) groups excluding carboxylic acids is 1. The number of likely N-dealkylation sites (tertiary alicyclic amines) is 1. The van der Waals surface area contributed by atoms with Crippen molar-refractivity contribution >= 4 is 16.9 Å². The highest BCUT2D eigenvalue weighted by atomic mass is 16.5. The van der Waals surface area contributed by atoms with E-state index < -0.39 is 0 Å². The third kappa shape index (κ3) is 4.47. The second kappa shape index (κ2) is 9.15. The lowest BCUT2D eigenvalue weighted by molar-refractivity contribution is 0.0378. The van der Waals surface area contributed by atoms with E-state index in [9.17, 15) is 4.79 Å². The molecule has 0 spiro atoms. The highest BCUT2D eigenvalue weighted by Crippen LogP contribution is 2.37. The Hall–Kier alpha value is -2.79. The first-order valence-electron chi connectivity index (χ1n) is 11.2. The molecule has 1 atom stereocenters. The Labute approximate surface area is 184 Å². The first kappa shape index (κ1) is 21.4. The Morgan fingerprint density at radius 2 is 1.97 bits per heavy atom. The molecule has 0 radical (unpaired) electrons. The van der Waals surface area contributed by atoms with Crippen LogP contribution in [0.25, 0.3) is 10.9 Å². The lowest BCUT2D eigenvalue weighted by Gasteiger charge is -2.36. The number of hydrogen-bond acceptors (Lipinski definition) is 4. The SMILES string of the molecule is COc1cc(C)c2[nH]ccc2c1CN1CCCCC1c1ccc(C(=O)OC(C)C)cc1. The third-order valence-corrected chi connectivity index (χ3v) is 6.18. The molecule has 0 bridgehead atoms. The van der Waals surface area contributed by atoms with Crippen LogP contribution in [0.5, 0.6) is 5.75 Å². The monoisotopic (exact) mass is 420 g/mol. The summed E-state index contributed by atoms with van der Waals surface area (Å²) in [6, 6.07) is 12.5. The molecule has 4 rings (SSSR count). The Morgan fingerprint density at radius 1 is 1.19 bits per heavy atom. The Kier molecular flexibility index (Phi) is 6.33. The van der Waals surface area contributed by atoms with E-state index in [0.717, 1.165) is 25.3 Å². The van der Waals surface area contributed by atoms with E-state index in [1.165, 1.54) is 40.4 Å². The van der Waals surface area contributed by atoms with Crippen molar-refractivity contribution < 1.29 is 14.3 Å². The molecule has 0 saturated carbocycles. The van der Waals surface area contributed by atoms with Crippen LogP contribution in [0.3, 0.4) is 0 Å². The van der Waals surface area contributed by atoms with Crippen LogP contribution >= 0.6 is 0 Å². The van der Waals surface area contributed by atoms with Crippen molar-refractivity contribution in [1.82, 2.24) is 9.88 Å². The lowest BCUT2D eigenvalue weighted by atomic mass is 9.93. The molecule has 1 fully saturated rings. The molecule has 1 N–H and O–H groups in total. The summed E-state index contributed by atoms with van der Waals surface area (Å²) in [6.45, 7) is 7.73. The normalized spacial score (nSPS) is 17.3. The van der Waals surface area contributed by atoms with Crippen molar-refractivity contribution in [2.75, 3.05) is 13.7 Å². The number of ether oxygens (including phenoxy) is 2. The zero-order valence-corrected chi connectivity index (χ0v) is 18.9. The van der Waals surface area contributed by atoms with E-state index in [2.05, 4.69) is 41.1 Å². The second-order valence-electron chi connectivity index (χ2n) is 8.70. The van der Waals surface area contributed by atoms with Crippen LogP contribution in [-0.4, -0.2) is 35.6 Å². The van der Waals surface area contributed by atoms with Gasteiger partial charge < -0.3 is 14.5 Å². The summed E-state index contributed by atoms with van der Waals surface area (Å²) in [4.78, 5) is 18.1. The summed E-state index contributed by atoms with van der Waals surface area (Å²) in [5.74, 6) is 0.682. The Bertz CT molecular complexity index is 1050. The van der Waals surface area contributed by atoms with Crippen molar-refractivity contribution in [2.45, 2.75) is 58.7 Å². The number of carbonyl (C=O) groups is 1. The van der Waals surface area contributed by atoms with Gasteiger partial charge in [-0.2, -0.15) is 0 Å². The number of fused-ring (bicyclic) bond motifs is 1. The fraction of sp³-hybridized carbons (Fsp3) is 0.423. The van der Waals surface area contributed by atoms with Crippen LogP contribution < -0.4 is 4.74 Å². The van der Waals surface area contributed by atoms with E-state index >= 15 is 0 Å². The molecular formula is C26H32N2O3. The molecule has 5 heteroatoms. The molecule has 1 aliphatic heterocycles. The number of hydrogen-bond donors (Lipinski definition) is 1. The van der Waals surface area contributed by atoms with Crippen LogP contribution in [0, 0.1) is 6.92 Å². The summed E-state index contributed by atoms with van der Waals surface area (Å²) >= 11 is 0. The number of rotatable bonds is 6. The minimum Gasteiger partial charge on any atom is -0.496 e. The van der Waals surface area contributed by atoms with Crippen LogP contribution in [0.1, 0.15) is 66.2 Å². The van der Waals surface area contributed by atoms with Crippen molar-refractivity contribution in [3.63, 3.8) is 0 Å². The summed E-state index contributed by atoms with van der Waals surface area (Å²) in [5.41, 5.74) is 5.46. The van der Waals surface area contributed by atoms with E-state index in [1.54, 1.807) is 7.11 Å². The molecule has 1 aromatic heterocycles. The molecular weight excluding hydrogens is 388 g/mol. The first-order chi connectivity index (χ1) is 15.0. The van der Waals surface area contributed by atoms with Crippen LogP contribution in [0.2, 0.25) is 0 Å². The molecule has 1 aliphatic rings. The van der Waals surface area contributed by atoms with Gasteiger partial charge in [-0.1, -0.05) is 18.6 Å². The number of nitrogens with one attached hydrogen (secondary N) is 1. The Morgan fingerprint density at radius 3 is 2.68 bits per heavy atom. The quantitative estimate of drug-likeness (QED) is 0.514. The van der Waals surface area contributed by atoms with Crippen LogP contribution in [0.4, 0.5) is 0 Å². The van der Waals surface area contributed by atoms with Crippen molar-refractivity contribution in [1.29, 1.82) is 0 Å². The molecule has 0 amide bonds. The average molecular weight is 421 g/mol. The number of methoxy groups -OCH3 is 1. The van der Waals surface area contributed by atoms with E-state index in [-0.39, 0.29) is 12.1 Å². The maximum atomic E-state index is 12.2. The molecule has 0 aliphatic carbocycles. The third-order valence-electron chi connectivity index (χ3n) is 6.18. The van der Waals surface area contributed by atoms with Gasteiger partial charge in [-0.15, -0.1) is 0 Å². The summed E-state index contributed by atoms with van der Waals surface area (Å²) in [5, 5.41) is 1.23. The number of aromatic amines is 1. The zero-order chi connectivity index (χ0) is 22.0.